The molecule has 0 bridgehead atoms. The highest BCUT2D eigenvalue weighted by molar-refractivity contribution is 7.99. The van der Waals surface area contributed by atoms with Crippen molar-refractivity contribution in [2.24, 2.45) is 11.7 Å². The fraction of sp³-hybridized carbons (Fsp3) is 0.714. The summed E-state index contributed by atoms with van der Waals surface area (Å²) in [5.41, 5.74) is 5.35. The van der Waals surface area contributed by atoms with E-state index < -0.39 is 0 Å². The first kappa shape index (κ1) is 15.3. The number of aryl methyl sites for hydroxylation is 1. The molecule has 2 heterocycles. The van der Waals surface area contributed by atoms with Gasteiger partial charge in [-0.05, 0) is 32.6 Å². The highest BCUT2D eigenvalue weighted by Gasteiger charge is 2.30. The van der Waals surface area contributed by atoms with Gasteiger partial charge in [-0.3, -0.25) is 9.59 Å². The first-order valence-corrected chi connectivity index (χ1v) is 8.66. The second-order valence-electron chi connectivity index (χ2n) is 6.00. The molecule has 0 unspecified atom stereocenters. The summed E-state index contributed by atoms with van der Waals surface area (Å²) < 4.78 is 2.13. The maximum Gasteiger partial charge on any atom is 0.233 e. The average Bonchev–Trinajstić information content (AvgIpc) is 3.28. The molecule has 120 valence electrons. The van der Waals surface area contributed by atoms with Crippen molar-refractivity contribution in [3.8, 4) is 0 Å². The van der Waals surface area contributed by atoms with Crippen LogP contribution in [0.5, 0.6) is 0 Å². The zero-order valence-electron chi connectivity index (χ0n) is 12.7. The second kappa shape index (κ2) is 6.28. The molecule has 2 amide bonds. The molecule has 1 aliphatic heterocycles. The number of hydrogen-bond acceptors (Lipinski definition) is 5. The summed E-state index contributed by atoms with van der Waals surface area (Å²) >= 11 is 1.43. The van der Waals surface area contributed by atoms with E-state index in [1.165, 1.54) is 11.8 Å². The third kappa shape index (κ3) is 3.26. The minimum absolute atomic E-state index is 0.0407. The van der Waals surface area contributed by atoms with Gasteiger partial charge in [0.2, 0.25) is 11.8 Å². The van der Waals surface area contributed by atoms with Crippen LogP contribution in [0, 0.1) is 12.8 Å². The molecule has 1 aromatic rings. The van der Waals surface area contributed by atoms with E-state index in [0.29, 0.717) is 24.9 Å². The minimum Gasteiger partial charge on any atom is -0.369 e. The van der Waals surface area contributed by atoms with E-state index in [4.69, 9.17) is 5.73 Å². The van der Waals surface area contributed by atoms with Crippen LogP contribution in [-0.2, 0) is 9.59 Å². The molecule has 1 atom stereocenters. The van der Waals surface area contributed by atoms with Crippen molar-refractivity contribution >= 4 is 23.6 Å². The molecule has 0 spiro atoms. The van der Waals surface area contributed by atoms with E-state index in [-0.39, 0.29) is 17.7 Å². The number of nitrogens with zero attached hydrogens (tertiary/aromatic N) is 4. The van der Waals surface area contributed by atoms with Gasteiger partial charge in [0, 0.05) is 19.1 Å². The van der Waals surface area contributed by atoms with Crippen LogP contribution in [0.25, 0.3) is 0 Å². The molecule has 7 nitrogen and oxygen atoms in total. The van der Waals surface area contributed by atoms with Crippen molar-refractivity contribution in [1.82, 2.24) is 19.7 Å². The van der Waals surface area contributed by atoms with Gasteiger partial charge in [0.15, 0.2) is 5.16 Å². The zero-order valence-corrected chi connectivity index (χ0v) is 13.5. The van der Waals surface area contributed by atoms with Crippen LogP contribution in [0.1, 0.15) is 37.5 Å². The number of carbonyl (C=O) groups excluding carboxylic acids is 2. The lowest BCUT2D eigenvalue weighted by atomic mass is 9.97. The second-order valence-corrected chi connectivity index (χ2v) is 6.94. The summed E-state index contributed by atoms with van der Waals surface area (Å²) in [6.45, 7) is 3.10. The van der Waals surface area contributed by atoms with Crippen molar-refractivity contribution in [3.63, 3.8) is 0 Å². The van der Waals surface area contributed by atoms with E-state index in [1.54, 1.807) is 4.90 Å². The van der Waals surface area contributed by atoms with Crippen LogP contribution >= 0.6 is 11.8 Å². The van der Waals surface area contributed by atoms with Gasteiger partial charge in [0.25, 0.3) is 0 Å². The lowest BCUT2D eigenvalue weighted by Crippen LogP contribution is -2.44. The summed E-state index contributed by atoms with van der Waals surface area (Å²) in [6, 6.07) is 0.502. The third-order valence-electron chi connectivity index (χ3n) is 4.25. The molecular weight excluding hydrogens is 302 g/mol. The van der Waals surface area contributed by atoms with Gasteiger partial charge >= 0.3 is 0 Å². The number of likely N-dealkylation sites (tertiary alicyclic amines) is 1. The summed E-state index contributed by atoms with van der Waals surface area (Å²) in [7, 11) is 0. The Labute approximate surface area is 133 Å². The summed E-state index contributed by atoms with van der Waals surface area (Å²) in [5, 5.41) is 9.09. The zero-order chi connectivity index (χ0) is 15.7. The van der Waals surface area contributed by atoms with Crippen LogP contribution in [0.4, 0.5) is 0 Å². The van der Waals surface area contributed by atoms with Crippen LogP contribution in [0.3, 0.4) is 0 Å². The van der Waals surface area contributed by atoms with E-state index in [2.05, 4.69) is 14.8 Å². The van der Waals surface area contributed by atoms with Crippen LogP contribution < -0.4 is 5.73 Å². The van der Waals surface area contributed by atoms with E-state index in [0.717, 1.165) is 36.7 Å². The van der Waals surface area contributed by atoms with Gasteiger partial charge < -0.3 is 15.2 Å². The SMILES string of the molecule is Cc1nnc(SCC(=O)N2CCC[C@H](C(N)=O)C2)n1C1CC1. The molecule has 2 aliphatic rings. The van der Waals surface area contributed by atoms with Crippen molar-refractivity contribution in [1.29, 1.82) is 0 Å². The third-order valence-corrected chi connectivity index (χ3v) is 5.18. The largest absolute Gasteiger partial charge is 0.369 e. The van der Waals surface area contributed by atoms with Gasteiger partial charge in [-0.2, -0.15) is 0 Å². The normalized spacial score (nSPS) is 21.9. The number of primary amides is 1. The lowest BCUT2D eigenvalue weighted by molar-refractivity contribution is -0.132. The lowest BCUT2D eigenvalue weighted by Gasteiger charge is -2.31. The van der Waals surface area contributed by atoms with Crippen molar-refractivity contribution < 1.29 is 9.59 Å². The number of nitrogens with two attached hydrogens (primary N) is 1. The Morgan fingerprint density at radius 1 is 1.32 bits per heavy atom. The molecule has 1 saturated carbocycles. The Morgan fingerprint density at radius 2 is 2.09 bits per heavy atom. The molecule has 0 radical (unpaired) electrons. The molecule has 22 heavy (non-hydrogen) atoms. The van der Waals surface area contributed by atoms with E-state index in [9.17, 15) is 9.59 Å². The van der Waals surface area contributed by atoms with Gasteiger partial charge in [0.05, 0.1) is 11.7 Å². The first-order chi connectivity index (χ1) is 10.6. The maximum atomic E-state index is 12.3. The standard InChI is InChI=1S/C14H21N5O2S/c1-9-16-17-14(19(9)11-4-5-11)22-8-12(20)18-6-2-3-10(7-18)13(15)21/h10-11H,2-8H2,1H3,(H2,15,21)/t10-/m0/s1. The first-order valence-electron chi connectivity index (χ1n) is 7.67. The maximum absolute atomic E-state index is 12.3. The van der Waals surface area contributed by atoms with E-state index >= 15 is 0 Å². The van der Waals surface area contributed by atoms with Crippen LogP contribution in [-0.4, -0.2) is 50.3 Å². The Balaban J connectivity index is 1.57. The Morgan fingerprint density at radius 3 is 2.77 bits per heavy atom. The minimum atomic E-state index is -0.311. The molecule has 3 rings (SSSR count). The highest BCUT2D eigenvalue weighted by atomic mass is 32.2. The number of hydrogen-bond donors (Lipinski definition) is 1. The number of carbonyl (C=O) groups is 2. The monoisotopic (exact) mass is 323 g/mol. The summed E-state index contributed by atoms with van der Waals surface area (Å²) in [4.78, 5) is 25.4. The highest BCUT2D eigenvalue weighted by Crippen LogP contribution is 2.38. The summed E-state index contributed by atoms with van der Waals surface area (Å²) in [6.07, 6.45) is 3.93. The molecule has 2 fully saturated rings. The van der Waals surface area contributed by atoms with Crippen LogP contribution in [0.2, 0.25) is 0 Å². The average molecular weight is 323 g/mol. The fourth-order valence-corrected chi connectivity index (χ4v) is 3.81. The predicted molar refractivity (Wildman–Crippen MR) is 82.3 cm³/mol. The summed E-state index contributed by atoms with van der Waals surface area (Å²) in [5.74, 6) is 0.758. The van der Waals surface area contributed by atoms with E-state index in [1.807, 2.05) is 6.92 Å². The quantitative estimate of drug-likeness (QED) is 0.807. The number of piperidine rings is 1. The van der Waals surface area contributed by atoms with Gasteiger partial charge in [-0.1, -0.05) is 11.8 Å². The molecule has 2 N–H and O–H groups in total. The van der Waals surface area contributed by atoms with Gasteiger partial charge in [0.1, 0.15) is 5.82 Å². The number of thioether (sulfide) groups is 1. The Kier molecular flexibility index (Phi) is 4.37. The van der Waals surface area contributed by atoms with Gasteiger partial charge in [-0.15, -0.1) is 10.2 Å². The molecular formula is C14H21N5O2S. The number of aromatic nitrogens is 3. The molecule has 1 aromatic heterocycles. The molecule has 0 aromatic carbocycles. The van der Waals surface area contributed by atoms with Crippen molar-refractivity contribution in [2.45, 2.75) is 43.8 Å². The predicted octanol–water partition coefficient (Wildman–Crippen LogP) is 0.737. The van der Waals surface area contributed by atoms with Gasteiger partial charge in [-0.25, -0.2) is 0 Å². The van der Waals surface area contributed by atoms with Crippen molar-refractivity contribution in [2.75, 3.05) is 18.8 Å². The topological polar surface area (TPSA) is 94.1 Å². The van der Waals surface area contributed by atoms with Crippen molar-refractivity contribution in [3.05, 3.63) is 5.82 Å². The molecule has 8 heteroatoms. The number of rotatable bonds is 5. The fourth-order valence-electron chi connectivity index (χ4n) is 2.85. The number of amides is 2. The van der Waals surface area contributed by atoms with Crippen LogP contribution in [0.15, 0.2) is 5.16 Å². The Bertz CT molecular complexity index is 584. The molecule has 1 aliphatic carbocycles. The smallest absolute Gasteiger partial charge is 0.233 e. The molecule has 1 saturated heterocycles. The Hall–Kier alpha value is -1.57.